The normalized spacial score (nSPS) is 10.9. The summed E-state index contributed by atoms with van der Waals surface area (Å²) < 4.78 is 1.49. The first kappa shape index (κ1) is 13.4. The minimum absolute atomic E-state index is 0.119. The van der Waals surface area contributed by atoms with Gasteiger partial charge in [-0.15, -0.1) is 0 Å². The Morgan fingerprint density at radius 3 is 2.67 bits per heavy atom. The third-order valence-electron chi connectivity index (χ3n) is 2.94. The summed E-state index contributed by atoms with van der Waals surface area (Å²) in [4.78, 5) is 20.0. The van der Waals surface area contributed by atoms with Gasteiger partial charge in [-0.25, -0.2) is 14.3 Å². The molecule has 0 amide bonds. The number of carbonyl (C=O) groups is 1. The number of nitrogens with zero attached hydrogens (tertiary/aromatic N) is 4. The van der Waals surface area contributed by atoms with E-state index in [1.54, 1.807) is 0 Å². The Balaban J connectivity index is 2.21. The zero-order valence-corrected chi connectivity index (χ0v) is 11.7. The van der Waals surface area contributed by atoms with Gasteiger partial charge in [0.25, 0.3) is 5.65 Å². The van der Waals surface area contributed by atoms with Gasteiger partial charge in [-0.05, 0) is 12.1 Å². The molecule has 0 radical (unpaired) electrons. The molecule has 2 heterocycles. The molecule has 0 saturated heterocycles. The van der Waals surface area contributed by atoms with Gasteiger partial charge in [0.15, 0.2) is 11.0 Å². The van der Waals surface area contributed by atoms with Crippen molar-refractivity contribution in [3.8, 4) is 0 Å². The molecule has 0 aliphatic rings. The van der Waals surface area contributed by atoms with Crippen molar-refractivity contribution in [1.29, 1.82) is 0 Å². The van der Waals surface area contributed by atoms with Gasteiger partial charge in [0.1, 0.15) is 6.33 Å². The lowest BCUT2D eigenvalue weighted by Crippen LogP contribution is -2.40. The fraction of sp³-hybridized carbons (Fsp3) is 0.0769. The highest BCUT2D eigenvalue weighted by atomic mass is 32.2. The molecule has 0 spiro atoms. The van der Waals surface area contributed by atoms with Crippen molar-refractivity contribution in [3.05, 3.63) is 47.7 Å². The fourth-order valence-corrected chi connectivity index (χ4v) is 2.90. The van der Waals surface area contributed by atoms with Crippen LogP contribution in [0.15, 0.2) is 46.6 Å². The molecule has 21 heavy (non-hydrogen) atoms. The number of rotatable bonds is 3. The molecule has 8 heteroatoms. The molecule has 7 nitrogen and oxygen atoms in total. The average Bonchev–Trinajstić information content (AvgIpc) is 2.73. The van der Waals surface area contributed by atoms with Crippen molar-refractivity contribution in [2.45, 2.75) is 9.92 Å². The predicted molar refractivity (Wildman–Crippen MR) is 72.4 cm³/mol. The first-order valence-corrected chi connectivity index (χ1v) is 6.78. The van der Waals surface area contributed by atoms with E-state index in [0.29, 0.717) is 9.76 Å². The molecule has 106 valence electrons. The highest BCUT2D eigenvalue weighted by Crippen LogP contribution is 2.29. The average molecular weight is 301 g/mol. The first-order chi connectivity index (χ1) is 10.1. The molecular weight excluding hydrogens is 292 g/mol. The zero-order chi connectivity index (χ0) is 15.0. The molecule has 3 rings (SSSR count). The van der Waals surface area contributed by atoms with Crippen LogP contribution in [0.5, 0.6) is 0 Å². The molecule has 2 aromatic heterocycles. The highest BCUT2D eigenvalue weighted by molar-refractivity contribution is 7.99. The van der Waals surface area contributed by atoms with E-state index in [0.717, 1.165) is 4.90 Å². The zero-order valence-electron chi connectivity index (χ0n) is 10.9. The maximum atomic E-state index is 12.2. The summed E-state index contributed by atoms with van der Waals surface area (Å²) in [7, 11) is 1.45. The largest absolute Gasteiger partial charge is 0.710 e. The van der Waals surface area contributed by atoms with E-state index in [4.69, 9.17) is 0 Å². The molecule has 0 unspecified atom stereocenters. The smallest absolute Gasteiger partial charge is 0.310 e. The maximum absolute atomic E-state index is 12.2. The SMILES string of the molecule is Cn1c(C(=O)[O-])[n+]([O-])c2c(Sc3ccccc3)ncnc21. The Morgan fingerprint density at radius 2 is 2.00 bits per heavy atom. The number of carboxylic acids is 1. The van der Waals surface area contributed by atoms with Crippen molar-refractivity contribution in [3.63, 3.8) is 0 Å². The molecule has 0 aliphatic carbocycles. The monoisotopic (exact) mass is 301 g/mol. The van der Waals surface area contributed by atoms with E-state index in [-0.39, 0.29) is 11.2 Å². The molecule has 0 bridgehead atoms. The van der Waals surface area contributed by atoms with Gasteiger partial charge in [0.05, 0.1) is 7.05 Å². The summed E-state index contributed by atoms with van der Waals surface area (Å²) in [5.74, 6) is -2.05. The molecule has 3 aromatic rings. The van der Waals surface area contributed by atoms with Crippen LogP contribution in [0.4, 0.5) is 0 Å². The van der Waals surface area contributed by atoms with Crippen LogP contribution in [0.1, 0.15) is 10.6 Å². The number of benzene rings is 1. The Labute approximate surface area is 123 Å². The number of aromatic carboxylic acids is 1. The second-order valence-electron chi connectivity index (χ2n) is 4.23. The summed E-state index contributed by atoms with van der Waals surface area (Å²) in [6.45, 7) is 0. The fourth-order valence-electron chi connectivity index (χ4n) is 2.01. The summed E-state index contributed by atoms with van der Waals surface area (Å²) in [6, 6.07) is 9.35. The van der Waals surface area contributed by atoms with Crippen molar-refractivity contribution < 1.29 is 14.6 Å². The molecule has 0 N–H and O–H groups in total. The van der Waals surface area contributed by atoms with Crippen LogP contribution >= 0.6 is 11.8 Å². The van der Waals surface area contributed by atoms with E-state index in [1.807, 2.05) is 30.3 Å². The molecule has 1 aromatic carbocycles. The van der Waals surface area contributed by atoms with E-state index in [9.17, 15) is 15.1 Å². The number of aromatic nitrogens is 4. The van der Waals surface area contributed by atoms with E-state index < -0.39 is 11.8 Å². The van der Waals surface area contributed by atoms with Gasteiger partial charge in [-0.1, -0.05) is 30.0 Å². The van der Waals surface area contributed by atoms with Crippen LogP contribution in [0.2, 0.25) is 0 Å². The van der Waals surface area contributed by atoms with Crippen LogP contribution in [0.25, 0.3) is 11.2 Å². The number of imidazole rings is 1. The Bertz CT molecular complexity index is 832. The van der Waals surface area contributed by atoms with Crippen LogP contribution in [0, 0.1) is 5.21 Å². The van der Waals surface area contributed by atoms with Gasteiger partial charge in [0, 0.05) is 4.90 Å². The third kappa shape index (κ3) is 2.19. The number of carbonyl (C=O) groups excluding carboxylic acids is 1. The molecule has 0 saturated carbocycles. The topological polar surface area (TPSA) is 97.8 Å². The Morgan fingerprint density at radius 1 is 1.29 bits per heavy atom. The summed E-state index contributed by atoms with van der Waals surface area (Å²) >= 11 is 1.27. The summed E-state index contributed by atoms with van der Waals surface area (Å²) in [6.07, 6.45) is 1.30. The van der Waals surface area contributed by atoms with Crippen LogP contribution in [0.3, 0.4) is 0 Å². The Kier molecular flexibility index (Phi) is 3.22. The lowest BCUT2D eigenvalue weighted by atomic mass is 10.4. The van der Waals surface area contributed by atoms with Gasteiger partial charge in [0.2, 0.25) is 5.52 Å². The number of hydrogen-bond donors (Lipinski definition) is 0. The molecule has 0 aliphatic heterocycles. The molecular formula is C13H9N4O3S-. The maximum Gasteiger partial charge on any atom is 0.310 e. The predicted octanol–water partition coefficient (Wildman–Crippen LogP) is 0.116. The van der Waals surface area contributed by atoms with Gasteiger partial charge < -0.3 is 15.1 Å². The van der Waals surface area contributed by atoms with E-state index in [1.165, 1.54) is 29.7 Å². The number of fused-ring (bicyclic) bond motifs is 1. The second kappa shape index (κ2) is 5.06. The lowest BCUT2D eigenvalue weighted by Gasteiger charge is -2.05. The number of carboxylic acid groups (broad SMARTS) is 1. The van der Waals surface area contributed by atoms with Crippen molar-refractivity contribution >= 4 is 28.9 Å². The van der Waals surface area contributed by atoms with Crippen molar-refractivity contribution in [1.82, 2.24) is 14.5 Å². The molecule has 0 fully saturated rings. The van der Waals surface area contributed by atoms with Crippen LogP contribution < -0.4 is 9.84 Å². The first-order valence-electron chi connectivity index (χ1n) is 5.97. The third-order valence-corrected chi connectivity index (χ3v) is 3.94. The van der Waals surface area contributed by atoms with Crippen molar-refractivity contribution in [2.75, 3.05) is 0 Å². The molecule has 0 atom stereocenters. The summed E-state index contributed by atoms with van der Waals surface area (Å²) in [5.41, 5.74) is 0.366. The van der Waals surface area contributed by atoms with Gasteiger partial charge >= 0.3 is 5.82 Å². The second-order valence-corrected chi connectivity index (χ2v) is 5.29. The number of aryl methyl sites for hydroxylation is 1. The van der Waals surface area contributed by atoms with Crippen LogP contribution in [-0.4, -0.2) is 20.5 Å². The van der Waals surface area contributed by atoms with E-state index >= 15 is 0 Å². The van der Waals surface area contributed by atoms with Crippen molar-refractivity contribution in [2.24, 2.45) is 7.05 Å². The highest BCUT2D eigenvalue weighted by Gasteiger charge is 2.24. The minimum Gasteiger partial charge on any atom is -0.710 e. The lowest BCUT2D eigenvalue weighted by molar-refractivity contribution is -0.586. The minimum atomic E-state index is -1.55. The number of hydrogen-bond acceptors (Lipinski definition) is 6. The summed E-state index contributed by atoms with van der Waals surface area (Å²) in [5, 5.41) is 23.7. The van der Waals surface area contributed by atoms with Gasteiger partial charge in [-0.3, -0.25) is 0 Å². The van der Waals surface area contributed by atoms with Crippen LogP contribution in [-0.2, 0) is 7.05 Å². The quantitative estimate of drug-likeness (QED) is 0.387. The van der Waals surface area contributed by atoms with E-state index in [2.05, 4.69) is 9.97 Å². The van der Waals surface area contributed by atoms with Gasteiger partial charge in [-0.2, -0.15) is 4.98 Å². The standard InChI is InChI=1S/C13H10N4O3S/c1-16-10-9(17(20)12(16)13(18)19)11(15-7-14-10)21-8-5-3-2-4-6-8/h2-7H,1H3,(H,18,19)/p-1. The Hall–Kier alpha value is -2.61.